The number of rotatable bonds is 5. The SMILES string of the molecule is CCc1ccc(S(=O)(=O)N2CCC(CN3CCOCC3)CC2)cc1. The van der Waals surface area contributed by atoms with E-state index >= 15 is 0 Å². The zero-order valence-electron chi connectivity index (χ0n) is 14.5. The normalized spacial score (nSPS) is 21.9. The van der Waals surface area contributed by atoms with E-state index in [4.69, 9.17) is 4.74 Å². The Hall–Kier alpha value is -0.950. The van der Waals surface area contributed by atoms with Gasteiger partial charge in [0.25, 0.3) is 0 Å². The summed E-state index contributed by atoms with van der Waals surface area (Å²) in [6, 6.07) is 7.32. The third-order valence-corrected chi connectivity index (χ3v) is 7.08. The van der Waals surface area contributed by atoms with Crippen LogP contribution in [0.2, 0.25) is 0 Å². The van der Waals surface area contributed by atoms with E-state index in [1.54, 1.807) is 16.4 Å². The molecule has 0 spiro atoms. The van der Waals surface area contributed by atoms with Crippen molar-refractivity contribution in [2.75, 3.05) is 45.9 Å². The third kappa shape index (κ3) is 4.17. The van der Waals surface area contributed by atoms with Gasteiger partial charge in [-0.25, -0.2) is 8.42 Å². The highest BCUT2D eigenvalue weighted by atomic mass is 32.2. The molecule has 134 valence electrons. The van der Waals surface area contributed by atoms with Crippen molar-refractivity contribution in [3.8, 4) is 0 Å². The fraction of sp³-hybridized carbons (Fsp3) is 0.667. The summed E-state index contributed by atoms with van der Waals surface area (Å²) in [5.74, 6) is 0.594. The van der Waals surface area contributed by atoms with E-state index in [0.717, 1.165) is 57.7 Å². The van der Waals surface area contributed by atoms with Gasteiger partial charge in [-0.15, -0.1) is 0 Å². The van der Waals surface area contributed by atoms with Gasteiger partial charge < -0.3 is 4.74 Å². The average molecular weight is 353 g/mol. The van der Waals surface area contributed by atoms with Crippen molar-refractivity contribution in [1.82, 2.24) is 9.21 Å². The Kier molecular flexibility index (Phi) is 5.92. The predicted molar refractivity (Wildman–Crippen MR) is 94.6 cm³/mol. The highest BCUT2D eigenvalue weighted by Crippen LogP contribution is 2.25. The molecule has 2 fully saturated rings. The molecule has 2 heterocycles. The minimum Gasteiger partial charge on any atom is -0.379 e. The molecule has 0 aromatic heterocycles. The molecular formula is C18H28N2O3S. The fourth-order valence-electron chi connectivity index (χ4n) is 3.53. The van der Waals surface area contributed by atoms with Crippen LogP contribution in [-0.4, -0.2) is 63.6 Å². The molecular weight excluding hydrogens is 324 g/mol. The van der Waals surface area contributed by atoms with Gasteiger partial charge in [0.15, 0.2) is 0 Å². The van der Waals surface area contributed by atoms with E-state index in [9.17, 15) is 8.42 Å². The third-order valence-electron chi connectivity index (χ3n) is 5.16. The first-order chi connectivity index (χ1) is 11.6. The Morgan fingerprint density at radius 3 is 2.25 bits per heavy atom. The first-order valence-corrected chi connectivity index (χ1v) is 10.4. The first kappa shape index (κ1) is 17.9. The number of aryl methyl sites for hydroxylation is 1. The maximum Gasteiger partial charge on any atom is 0.243 e. The number of piperidine rings is 1. The Morgan fingerprint density at radius 2 is 1.67 bits per heavy atom. The number of morpholine rings is 1. The van der Waals surface area contributed by atoms with Gasteiger partial charge in [-0.1, -0.05) is 19.1 Å². The number of ether oxygens (including phenoxy) is 1. The molecule has 1 aromatic carbocycles. The zero-order chi connectivity index (χ0) is 17.0. The molecule has 0 unspecified atom stereocenters. The van der Waals surface area contributed by atoms with Gasteiger partial charge in [-0.05, 0) is 42.9 Å². The number of benzene rings is 1. The van der Waals surface area contributed by atoms with Crippen LogP contribution >= 0.6 is 0 Å². The molecule has 0 bridgehead atoms. The summed E-state index contributed by atoms with van der Waals surface area (Å²) in [7, 11) is -3.34. The molecule has 2 aliphatic heterocycles. The first-order valence-electron chi connectivity index (χ1n) is 8.99. The maximum absolute atomic E-state index is 12.8. The lowest BCUT2D eigenvalue weighted by Crippen LogP contribution is -2.44. The number of nitrogens with zero attached hydrogens (tertiary/aromatic N) is 2. The minimum absolute atomic E-state index is 0.423. The second kappa shape index (κ2) is 7.95. The van der Waals surface area contributed by atoms with Crippen LogP contribution in [-0.2, 0) is 21.2 Å². The second-order valence-corrected chi connectivity index (χ2v) is 8.70. The molecule has 0 N–H and O–H groups in total. The van der Waals surface area contributed by atoms with Crippen LogP contribution in [0.15, 0.2) is 29.2 Å². The van der Waals surface area contributed by atoms with Crippen molar-refractivity contribution < 1.29 is 13.2 Å². The molecule has 1 aromatic rings. The van der Waals surface area contributed by atoms with Gasteiger partial charge in [-0.3, -0.25) is 4.90 Å². The number of sulfonamides is 1. The zero-order valence-corrected chi connectivity index (χ0v) is 15.3. The summed E-state index contributed by atoms with van der Waals surface area (Å²) < 4.78 is 32.6. The van der Waals surface area contributed by atoms with Crippen LogP contribution in [0.25, 0.3) is 0 Å². The largest absolute Gasteiger partial charge is 0.379 e. The van der Waals surface area contributed by atoms with Crippen molar-refractivity contribution in [2.24, 2.45) is 5.92 Å². The van der Waals surface area contributed by atoms with Crippen molar-refractivity contribution in [2.45, 2.75) is 31.1 Å². The lowest BCUT2D eigenvalue weighted by molar-refractivity contribution is 0.0269. The Balaban J connectivity index is 1.56. The van der Waals surface area contributed by atoms with Gasteiger partial charge in [0.2, 0.25) is 10.0 Å². The fourth-order valence-corrected chi connectivity index (χ4v) is 5.00. The summed E-state index contributed by atoms with van der Waals surface area (Å²) >= 11 is 0. The molecule has 24 heavy (non-hydrogen) atoms. The van der Waals surface area contributed by atoms with Crippen LogP contribution in [0, 0.1) is 5.92 Å². The van der Waals surface area contributed by atoms with Crippen LogP contribution < -0.4 is 0 Å². The quantitative estimate of drug-likeness (QED) is 0.813. The molecule has 0 radical (unpaired) electrons. The van der Waals surface area contributed by atoms with Gasteiger partial charge >= 0.3 is 0 Å². The topological polar surface area (TPSA) is 49.9 Å². The van der Waals surface area contributed by atoms with E-state index in [-0.39, 0.29) is 0 Å². The van der Waals surface area contributed by atoms with Gasteiger partial charge in [-0.2, -0.15) is 4.31 Å². The molecule has 0 amide bonds. The van der Waals surface area contributed by atoms with Crippen LogP contribution in [0.5, 0.6) is 0 Å². The summed E-state index contributed by atoms with van der Waals surface area (Å²) in [6.45, 7) is 8.05. The Labute approximate surface area is 145 Å². The van der Waals surface area contributed by atoms with Crippen molar-refractivity contribution in [1.29, 1.82) is 0 Å². The molecule has 3 rings (SSSR count). The van der Waals surface area contributed by atoms with Crippen LogP contribution in [0.4, 0.5) is 0 Å². The van der Waals surface area contributed by atoms with Gasteiger partial charge in [0.05, 0.1) is 18.1 Å². The number of hydrogen-bond acceptors (Lipinski definition) is 4. The van der Waals surface area contributed by atoms with Crippen molar-refractivity contribution in [3.63, 3.8) is 0 Å². The second-order valence-electron chi connectivity index (χ2n) is 6.76. The highest BCUT2D eigenvalue weighted by Gasteiger charge is 2.30. The van der Waals surface area contributed by atoms with Crippen molar-refractivity contribution >= 4 is 10.0 Å². The molecule has 6 heteroatoms. The van der Waals surface area contributed by atoms with E-state index in [1.807, 2.05) is 12.1 Å². The Bertz CT molecular complexity index is 616. The highest BCUT2D eigenvalue weighted by molar-refractivity contribution is 7.89. The Morgan fingerprint density at radius 1 is 1.04 bits per heavy atom. The smallest absolute Gasteiger partial charge is 0.243 e. The molecule has 0 saturated carbocycles. The molecule has 0 aliphatic carbocycles. The van der Waals surface area contributed by atoms with Gasteiger partial charge in [0, 0.05) is 32.7 Å². The van der Waals surface area contributed by atoms with E-state index in [1.165, 1.54) is 0 Å². The minimum atomic E-state index is -3.34. The van der Waals surface area contributed by atoms with Crippen molar-refractivity contribution in [3.05, 3.63) is 29.8 Å². The maximum atomic E-state index is 12.8. The standard InChI is InChI=1S/C18H28N2O3S/c1-2-16-3-5-18(6-4-16)24(21,22)20-9-7-17(8-10-20)15-19-11-13-23-14-12-19/h3-6,17H,2,7-15H2,1H3. The summed E-state index contributed by atoms with van der Waals surface area (Å²) in [5, 5.41) is 0. The summed E-state index contributed by atoms with van der Waals surface area (Å²) in [4.78, 5) is 2.87. The van der Waals surface area contributed by atoms with E-state index < -0.39 is 10.0 Å². The van der Waals surface area contributed by atoms with E-state index in [2.05, 4.69) is 11.8 Å². The summed E-state index contributed by atoms with van der Waals surface area (Å²) in [5.41, 5.74) is 1.16. The summed E-state index contributed by atoms with van der Waals surface area (Å²) in [6.07, 6.45) is 2.82. The average Bonchev–Trinajstić information content (AvgIpc) is 2.63. The van der Waals surface area contributed by atoms with Crippen LogP contribution in [0.1, 0.15) is 25.3 Å². The monoisotopic (exact) mass is 352 g/mol. The number of hydrogen-bond donors (Lipinski definition) is 0. The molecule has 0 atom stereocenters. The molecule has 5 nitrogen and oxygen atoms in total. The van der Waals surface area contributed by atoms with Crippen LogP contribution in [0.3, 0.4) is 0 Å². The van der Waals surface area contributed by atoms with E-state index in [0.29, 0.717) is 23.9 Å². The lowest BCUT2D eigenvalue weighted by Gasteiger charge is -2.35. The predicted octanol–water partition coefficient (Wildman–Crippen LogP) is 1.98. The lowest BCUT2D eigenvalue weighted by atomic mass is 9.97. The molecule has 2 aliphatic rings. The molecule has 2 saturated heterocycles. The van der Waals surface area contributed by atoms with Gasteiger partial charge in [0.1, 0.15) is 0 Å².